The number of hydrogen-bond acceptors (Lipinski definition) is 6. The number of carbonyl (C=O) groups is 3. The second kappa shape index (κ2) is 18.4. The normalized spacial score (nSPS) is 7.33. The van der Waals surface area contributed by atoms with E-state index in [0.717, 1.165) is 0 Å². The van der Waals surface area contributed by atoms with E-state index in [0.29, 0.717) is 0 Å². The van der Waals surface area contributed by atoms with Crippen LogP contribution in [0.3, 0.4) is 0 Å². The molecular weight excluding hydrogens is 383 g/mol. The summed E-state index contributed by atoms with van der Waals surface area (Å²) in [6.45, 7) is 15.6. The van der Waals surface area contributed by atoms with Gasteiger partial charge in [0.15, 0.2) is 0 Å². The van der Waals surface area contributed by atoms with Crippen LogP contribution in [-0.4, -0.2) is 40.4 Å². The molecule has 21 heavy (non-hydrogen) atoms. The van der Waals surface area contributed by atoms with Crippen molar-refractivity contribution in [3.8, 4) is 0 Å². The summed E-state index contributed by atoms with van der Waals surface area (Å²) < 4.78 is 1.34. The van der Waals surface area contributed by atoms with Crippen LogP contribution in [-0.2, 0) is 14.4 Å². The summed E-state index contributed by atoms with van der Waals surface area (Å²) in [4.78, 5) is 28.5. The molecule has 0 aliphatic rings. The van der Waals surface area contributed by atoms with E-state index < -0.39 is 17.9 Å². The zero-order valence-electron chi connectivity index (χ0n) is 12.8. The third-order valence-corrected chi connectivity index (χ3v) is 1.05. The molecule has 0 saturated carbocycles. The Kier molecular flexibility index (Phi) is 24.3. The summed E-state index contributed by atoms with van der Waals surface area (Å²) >= 11 is 1.64. The van der Waals surface area contributed by atoms with Crippen LogP contribution in [0.1, 0.15) is 27.7 Å². The summed E-state index contributed by atoms with van der Waals surface area (Å²) in [7, 11) is 0. The molecule has 6 nitrogen and oxygen atoms in total. The van der Waals surface area contributed by atoms with Crippen LogP contribution in [0.15, 0.2) is 36.5 Å². The van der Waals surface area contributed by atoms with Crippen molar-refractivity contribution < 1.29 is 29.7 Å². The van der Waals surface area contributed by atoms with Gasteiger partial charge < -0.3 is 29.7 Å². The molecule has 0 saturated heterocycles. The Balaban J connectivity index is -0.0000000944. The van der Waals surface area contributed by atoms with Crippen LogP contribution in [0.5, 0.6) is 0 Å². The molecule has 0 fully saturated rings. The second-order valence-electron chi connectivity index (χ2n) is 3.56. The van der Waals surface area contributed by atoms with Crippen molar-refractivity contribution in [3.05, 3.63) is 36.5 Å². The molecule has 0 atom stereocenters. The summed E-state index contributed by atoms with van der Waals surface area (Å²) in [5.74, 6) is -3.56. The third kappa shape index (κ3) is 45.7. The number of rotatable bonds is 3. The van der Waals surface area contributed by atoms with Crippen LogP contribution in [0, 0.1) is 0 Å². The first kappa shape index (κ1) is 27.7. The fourth-order valence-electron chi connectivity index (χ4n) is 0. The van der Waals surface area contributed by atoms with Gasteiger partial charge in [-0.25, -0.2) is 0 Å². The summed E-state index contributed by atoms with van der Waals surface area (Å²) in [5, 5.41) is 28.5. The van der Waals surface area contributed by atoms with Gasteiger partial charge in [0.05, 0.1) is 17.9 Å². The molecule has 0 N–H and O–H groups in total. The Labute approximate surface area is 139 Å². The quantitative estimate of drug-likeness (QED) is 0.419. The van der Waals surface area contributed by atoms with Crippen LogP contribution in [0.25, 0.3) is 0 Å². The van der Waals surface area contributed by atoms with Crippen molar-refractivity contribution in [2.24, 2.45) is 0 Å². The first-order chi connectivity index (χ1) is 9.34. The van der Waals surface area contributed by atoms with Gasteiger partial charge in [-0.1, -0.05) is 19.7 Å². The predicted octanol–water partition coefficient (Wildman–Crippen LogP) is -1.47. The number of carbonyl (C=O) groups excluding carboxylic acids is 3. The monoisotopic (exact) mass is 404 g/mol. The van der Waals surface area contributed by atoms with E-state index in [4.69, 9.17) is 0 Å². The zero-order chi connectivity index (χ0) is 18.2. The van der Waals surface area contributed by atoms with Crippen molar-refractivity contribution in [1.82, 2.24) is 0 Å². The van der Waals surface area contributed by atoms with Crippen molar-refractivity contribution in [3.63, 3.8) is 0 Å². The van der Waals surface area contributed by atoms with E-state index in [1.807, 2.05) is 0 Å². The van der Waals surface area contributed by atoms with Crippen LogP contribution in [0.4, 0.5) is 0 Å². The second-order valence-corrected chi connectivity index (χ2v) is 5.58. The first-order valence-electron chi connectivity index (χ1n) is 5.60. The molecule has 0 unspecified atom stereocenters. The van der Waals surface area contributed by atoms with Crippen LogP contribution >= 0.6 is 0 Å². The van der Waals surface area contributed by atoms with Crippen LogP contribution < -0.4 is 15.3 Å². The molecule has 0 radical (unpaired) electrons. The number of carboxylic acids is 3. The van der Waals surface area contributed by atoms with Gasteiger partial charge in [0.2, 0.25) is 0 Å². The Morgan fingerprint density at radius 3 is 0.810 bits per heavy atom. The first-order valence-corrected chi connectivity index (χ1v) is 7.61. The maximum absolute atomic E-state index is 9.49. The SMILES string of the molecule is C=C(C)C(=O)[O-].C=C(C)C(=O)[O-].C=C(C)C(=O)[O-].C[CH2][Sn+3]. The van der Waals surface area contributed by atoms with Gasteiger partial charge in [-0.3, -0.25) is 0 Å². The molecule has 0 amide bonds. The fourth-order valence-corrected chi connectivity index (χ4v) is 0. The van der Waals surface area contributed by atoms with Crippen molar-refractivity contribution in [2.45, 2.75) is 32.1 Å². The molecule has 7 heteroatoms. The van der Waals surface area contributed by atoms with Crippen molar-refractivity contribution in [1.29, 1.82) is 0 Å². The topological polar surface area (TPSA) is 120 Å². The molecule has 0 rings (SSSR count). The van der Waals surface area contributed by atoms with Crippen molar-refractivity contribution in [2.75, 3.05) is 0 Å². The van der Waals surface area contributed by atoms with Gasteiger partial charge in [0.25, 0.3) is 0 Å². The molecule has 0 aliphatic carbocycles. The minimum absolute atomic E-state index is 0.0648. The van der Waals surface area contributed by atoms with E-state index in [1.54, 1.807) is 22.5 Å². The Morgan fingerprint density at radius 1 is 0.762 bits per heavy atom. The molecule has 116 valence electrons. The third-order valence-electron chi connectivity index (χ3n) is 1.05. The van der Waals surface area contributed by atoms with E-state index in [1.165, 1.54) is 25.2 Å². The summed E-state index contributed by atoms with van der Waals surface area (Å²) in [5.41, 5.74) is 0.194. The zero-order valence-corrected chi connectivity index (χ0v) is 15.6. The van der Waals surface area contributed by atoms with E-state index in [2.05, 4.69) is 26.7 Å². The van der Waals surface area contributed by atoms with Crippen molar-refractivity contribution >= 4 is 40.4 Å². The Bertz CT molecular complexity index is 292. The minimum atomic E-state index is -1.19. The molecule has 0 bridgehead atoms. The van der Waals surface area contributed by atoms with E-state index in [-0.39, 0.29) is 16.7 Å². The molecule has 0 aromatic rings. The Hall–Kier alpha value is -1.57. The summed E-state index contributed by atoms with van der Waals surface area (Å²) in [6.07, 6.45) is 0. The molecule has 0 aromatic carbocycles. The molecule has 0 spiro atoms. The fraction of sp³-hybridized carbons (Fsp3) is 0.357. The number of hydrogen-bond donors (Lipinski definition) is 0. The Morgan fingerprint density at radius 2 is 0.810 bits per heavy atom. The van der Waals surface area contributed by atoms with E-state index in [9.17, 15) is 29.7 Å². The van der Waals surface area contributed by atoms with Crippen LogP contribution in [0.2, 0.25) is 4.44 Å². The van der Waals surface area contributed by atoms with Gasteiger partial charge in [-0.2, -0.15) is 0 Å². The molecular formula is C14H20O6Sn. The van der Waals surface area contributed by atoms with Gasteiger partial charge in [0.1, 0.15) is 0 Å². The molecule has 0 aliphatic heterocycles. The van der Waals surface area contributed by atoms with Gasteiger partial charge in [-0.05, 0) is 37.5 Å². The molecule has 0 aromatic heterocycles. The number of aliphatic carboxylic acids is 3. The predicted molar refractivity (Wildman–Crippen MR) is 75.7 cm³/mol. The van der Waals surface area contributed by atoms with Gasteiger partial charge in [0, 0.05) is 0 Å². The van der Waals surface area contributed by atoms with Gasteiger partial charge in [-0.15, -0.1) is 0 Å². The number of carboxylic acid groups (broad SMARTS) is 3. The summed E-state index contributed by atoms with van der Waals surface area (Å²) in [6, 6.07) is 0. The van der Waals surface area contributed by atoms with E-state index >= 15 is 0 Å². The average molecular weight is 403 g/mol. The maximum atomic E-state index is 9.49. The molecule has 0 heterocycles. The standard InChI is InChI=1S/3C4H6O2.C2H5.Sn/c3*1-3(2)4(5)6;1-2;/h3*1H2,2H3,(H,5,6);1H2,2H3;/q;;;;+3/p-3. The van der Waals surface area contributed by atoms with Gasteiger partial charge >= 0.3 is 33.9 Å². The average Bonchev–Trinajstić information content (AvgIpc) is 2.30.